The lowest BCUT2D eigenvalue weighted by molar-refractivity contribution is -0.133. The number of rotatable bonds is 7. The standard InChI is InChI=1S/C30H36N2O5/c1-30(2,36)22-12-14-31(15-13-22)17-20-6-8-21(9-7-20)19-37-28-5-3-4-24-25(28)18-32(29(24)35)26-11-10-23(33)16-27(26)34/h3-9,22,26,36H,10-19H2,1-2H3. The Balaban J connectivity index is 1.17. The van der Waals surface area contributed by atoms with E-state index in [2.05, 4.69) is 29.2 Å². The van der Waals surface area contributed by atoms with Crippen LogP contribution < -0.4 is 4.74 Å². The summed E-state index contributed by atoms with van der Waals surface area (Å²) in [5.74, 6) is 0.644. The van der Waals surface area contributed by atoms with E-state index in [0.717, 1.165) is 43.6 Å². The summed E-state index contributed by atoms with van der Waals surface area (Å²) < 4.78 is 6.14. The maximum atomic E-state index is 13.0. The number of ether oxygens (including phenoxy) is 1. The van der Waals surface area contributed by atoms with E-state index < -0.39 is 11.6 Å². The molecule has 1 saturated carbocycles. The van der Waals surface area contributed by atoms with Crippen molar-refractivity contribution in [1.82, 2.24) is 9.80 Å². The van der Waals surface area contributed by atoms with E-state index in [1.165, 1.54) is 5.56 Å². The minimum absolute atomic E-state index is 0.0456. The van der Waals surface area contributed by atoms with Gasteiger partial charge < -0.3 is 14.7 Å². The predicted octanol–water partition coefficient (Wildman–Crippen LogP) is 3.90. The molecule has 7 nitrogen and oxygen atoms in total. The van der Waals surface area contributed by atoms with Gasteiger partial charge in [0.25, 0.3) is 5.91 Å². The maximum Gasteiger partial charge on any atom is 0.255 e. The van der Waals surface area contributed by atoms with Gasteiger partial charge in [0.15, 0.2) is 5.78 Å². The molecule has 0 bridgehead atoms. The third-order valence-electron chi connectivity index (χ3n) is 8.18. The van der Waals surface area contributed by atoms with E-state index in [4.69, 9.17) is 4.74 Å². The molecule has 0 spiro atoms. The van der Waals surface area contributed by atoms with Crippen LogP contribution in [0.5, 0.6) is 5.75 Å². The number of nitrogens with zero attached hydrogens (tertiary/aromatic N) is 2. The number of carbonyl (C=O) groups is 3. The lowest BCUT2D eigenvalue weighted by Crippen LogP contribution is -2.44. The molecule has 2 aliphatic heterocycles. The first kappa shape index (κ1) is 25.6. The molecule has 1 N–H and O–H groups in total. The van der Waals surface area contributed by atoms with Crippen LogP contribution in [0.1, 0.15) is 73.0 Å². The third-order valence-corrected chi connectivity index (χ3v) is 8.18. The van der Waals surface area contributed by atoms with Gasteiger partial charge in [-0.2, -0.15) is 0 Å². The van der Waals surface area contributed by atoms with Crippen molar-refractivity contribution in [2.75, 3.05) is 13.1 Å². The summed E-state index contributed by atoms with van der Waals surface area (Å²) >= 11 is 0. The second-order valence-corrected chi connectivity index (χ2v) is 11.3. The fraction of sp³-hybridized carbons (Fsp3) is 0.500. The van der Waals surface area contributed by atoms with Gasteiger partial charge in [0.1, 0.15) is 18.1 Å². The Morgan fingerprint density at radius 2 is 1.68 bits per heavy atom. The molecule has 1 saturated heterocycles. The molecule has 0 aromatic heterocycles. The zero-order valence-corrected chi connectivity index (χ0v) is 21.7. The van der Waals surface area contributed by atoms with E-state index in [1.807, 2.05) is 26.0 Å². The number of Topliss-reactive ketones (excluding diaryl/α,β-unsaturated/α-hetero) is 2. The van der Waals surface area contributed by atoms with Crippen molar-refractivity contribution >= 4 is 17.5 Å². The van der Waals surface area contributed by atoms with Gasteiger partial charge in [-0.3, -0.25) is 19.3 Å². The Kier molecular flexibility index (Phi) is 7.19. The van der Waals surface area contributed by atoms with Crippen molar-refractivity contribution in [2.24, 2.45) is 5.92 Å². The van der Waals surface area contributed by atoms with Crippen LogP contribution in [-0.2, 0) is 29.3 Å². The second kappa shape index (κ2) is 10.4. The monoisotopic (exact) mass is 504 g/mol. The maximum absolute atomic E-state index is 13.0. The molecule has 1 amide bonds. The summed E-state index contributed by atoms with van der Waals surface area (Å²) in [5.41, 5.74) is 3.08. The minimum atomic E-state index is -0.605. The van der Waals surface area contributed by atoms with Gasteiger partial charge in [0.2, 0.25) is 0 Å². The topological polar surface area (TPSA) is 87.2 Å². The molecular weight excluding hydrogens is 468 g/mol. The Morgan fingerprint density at radius 1 is 0.973 bits per heavy atom. The molecule has 3 aliphatic rings. The Labute approximate surface area is 218 Å². The van der Waals surface area contributed by atoms with Gasteiger partial charge in [-0.1, -0.05) is 30.3 Å². The van der Waals surface area contributed by atoms with Gasteiger partial charge in [-0.15, -0.1) is 0 Å². The SMILES string of the molecule is CC(C)(O)C1CCN(Cc2ccc(COc3cccc4c3CN(C3CCC(=O)CC3=O)C4=O)cc2)CC1. The van der Waals surface area contributed by atoms with Crippen LogP contribution in [0.15, 0.2) is 42.5 Å². The average Bonchev–Trinajstić information content (AvgIpc) is 3.20. The van der Waals surface area contributed by atoms with Gasteiger partial charge in [0, 0.05) is 24.1 Å². The molecule has 2 aromatic rings. The molecule has 2 aromatic carbocycles. The van der Waals surface area contributed by atoms with Gasteiger partial charge in [-0.25, -0.2) is 0 Å². The van der Waals surface area contributed by atoms with Crippen molar-refractivity contribution in [3.05, 3.63) is 64.7 Å². The van der Waals surface area contributed by atoms with Crippen molar-refractivity contribution in [2.45, 2.75) is 77.3 Å². The van der Waals surface area contributed by atoms with Crippen molar-refractivity contribution in [3.8, 4) is 5.75 Å². The molecule has 2 heterocycles. The highest BCUT2D eigenvalue weighted by atomic mass is 16.5. The Morgan fingerprint density at radius 3 is 2.35 bits per heavy atom. The number of carbonyl (C=O) groups excluding carboxylic acids is 3. The number of piperidine rings is 1. The Hall–Kier alpha value is -3.03. The highest BCUT2D eigenvalue weighted by molar-refractivity contribution is 6.07. The molecule has 2 fully saturated rings. The summed E-state index contributed by atoms with van der Waals surface area (Å²) in [6, 6.07) is 13.4. The molecular formula is C30H36N2O5. The fourth-order valence-corrected chi connectivity index (χ4v) is 5.86. The fourth-order valence-electron chi connectivity index (χ4n) is 5.86. The third kappa shape index (κ3) is 5.63. The van der Waals surface area contributed by atoms with Gasteiger partial charge in [0.05, 0.1) is 24.6 Å². The minimum Gasteiger partial charge on any atom is -0.489 e. The average molecular weight is 505 g/mol. The second-order valence-electron chi connectivity index (χ2n) is 11.3. The summed E-state index contributed by atoms with van der Waals surface area (Å²) in [5, 5.41) is 10.3. The number of amides is 1. The van der Waals surface area contributed by atoms with Crippen molar-refractivity contribution in [3.63, 3.8) is 0 Å². The largest absolute Gasteiger partial charge is 0.489 e. The number of hydrogen-bond donors (Lipinski definition) is 1. The van der Waals surface area contributed by atoms with E-state index >= 15 is 0 Å². The van der Waals surface area contributed by atoms with Crippen LogP contribution in [0, 0.1) is 5.92 Å². The number of fused-ring (bicyclic) bond motifs is 1. The van der Waals surface area contributed by atoms with Crippen LogP contribution in [0.2, 0.25) is 0 Å². The molecule has 5 rings (SSSR count). The van der Waals surface area contributed by atoms with Crippen molar-refractivity contribution in [1.29, 1.82) is 0 Å². The van der Waals surface area contributed by atoms with Gasteiger partial charge >= 0.3 is 0 Å². The van der Waals surface area contributed by atoms with Crippen molar-refractivity contribution < 1.29 is 24.2 Å². The number of likely N-dealkylation sites (tertiary alicyclic amines) is 1. The lowest BCUT2D eigenvalue weighted by Gasteiger charge is -2.37. The smallest absolute Gasteiger partial charge is 0.255 e. The number of hydrogen-bond acceptors (Lipinski definition) is 6. The molecule has 7 heteroatoms. The normalized spacial score (nSPS) is 21.4. The van der Waals surface area contributed by atoms with Crippen LogP contribution in [0.4, 0.5) is 0 Å². The summed E-state index contributed by atoms with van der Waals surface area (Å²) in [6.07, 6.45) is 2.70. The van der Waals surface area contributed by atoms with E-state index in [1.54, 1.807) is 11.0 Å². The van der Waals surface area contributed by atoms with E-state index in [9.17, 15) is 19.5 Å². The van der Waals surface area contributed by atoms with Crippen LogP contribution in [0.25, 0.3) is 0 Å². The highest BCUT2D eigenvalue weighted by Gasteiger charge is 2.40. The summed E-state index contributed by atoms with van der Waals surface area (Å²) in [4.78, 5) is 41.1. The van der Waals surface area contributed by atoms with E-state index in [-0.39, 0.29) is 23.9 Å². The highest BCUT2D eigenvalue weighted by Crippen LogP contribution is 2.35. The summed E-state index contributed by atoms with van der Waals surface area (Å²) in [7, 11) is 0. The Bertz CT molecular complexity index is 1180. The number of aliphatic hydroxyl groups is 1. The summed E-state index contributed by atoms with van der Waals surface area (Å²) in [6.45, 7) is 7.43. The van der Waals surface area contributed by atoms with Crippen LogP contribution in [0.3, 0.4) is 0 Å². The molecule has 0 radical (unpaired) electrons. The lowest BCUT2D eigenvalue weighted by atomic mass is 9.83. The zero-order chi connectivity index (χ0) is 26.2. The zero-order valence-electron chi connectivity index (χ0n) is 21.7. The first-order valence-electron chi connectivity index (χ1n) is 13.3. The van der Waals surface area contributed by atoms with E-state index in [0.29, 0.717) is 43.2 Å². The van der Waals surface area contributed by atoms with Crippen LogP contribution in [-0.4, -0.2) is 57.1 Å². The molecule has 1 atom stereocenters. The first-order valence-corrected chi connectivity index (χ1v) is 13.3. The molecule has 1 unspecified atom stereocenters. The number of benzene rings is 2. The first-order chi connectivity index (χ1) is 17.7. The van der Waals surface area contributed by atoms with Crippen LogP contribution >= 0.6 is 0 Å². The van der Waals surface area contributed by atoms with Gasteiger partial charge in [-0.05, 0) is 75.4 Å². The number of ketones is 2. The molecule has 196 valence electrons. The predicted molar refractivity (Wildman–Crippen MR) is 139 cm³/mol. The molecule has 1 aliphatic carbocycles. The quantitative estimate of drug-likeness (QED) is 0.576. The molecule has 37 heavy (non-hydrogen) atoms.